The highest BCUT2D eigenvalue weighted by Gasteiger charge is 2.09. The van der Waals surface area contributed by atoms with Gasteiger partial charge in [0.15, 0.2) is 0 Å². The number of aldehydes is 1. The summed E-state index contributed by atoms with van der Waals surface area (Å²) < 4.78 is 5.08. The molecule has 0 saturated carbocycles. The summed E-state index contributed by atoms with van der Waals surface area (Å²) in [4.78, 5) is 32.8. The second kappa shape index (κ2) is 4.09. The molecular formula is C11H7NO5. The lowest BCUT2D eigenvalue weighted by Crippen LogP contribution is -2.18. The van der Waals surface area contributed by atoms with Crippen molar-refractivity contribution in [2.45, 2.75) is 0 Å². The van der Waals surface area contributed by atoms with Crippen molar-refractivity contribution < 1.29 is 19.1 Å². The van der Waals surface area contributed by atoms with Crippen molar-refractivity contribution in [2.24, 2.45) is 0 Å². The van der Waals surface area contributed by atoms with Crippen molar-refractivity contribution in [1.29, 1.82) is 0 Å². The number of rotatable bonds is 2. The highest BCUT2D eigenvalue weighted by atomic mass is 16.3. The molecule has 1 aromatic carbocycles. The van der Waals surface area contributed by atoms with Crippen molar-refractivity contribution in [3.05, 3.63) is 34.7 Å². The molecule has 1 amide bonds. The molecule has 0 atom stereocenters. The summed E-state index contributed by atoms with van der Waals surface area (Å²) in [7, 11) is 0. The summed E-state index contributed by atoms with van der Waals surface area (Å²) in [6, 6.07) is 4.02. The second-order valence-corrected chi connectivity index (χ2v) is 3.27. The van der Waals surface area contributed by atoms with E-state index in [0.717, 1.165) is 6.26 Å². The number of hydrogen-bond donors (Lipinski definition) is 2. The maximum absolute atomic E-state index is 11.8. The van der Waals surface area contributed by atoms with Crippen molar-refractivity contribution >= 4 is 28.8 Å². The van der Waals surface area contributed by atoms with E-state index < -0.39 is 11.3 Å². The largest absolute Gasteiger partial charge is 0.508 e. The normalized spacial score (nSPS) is 10.1. The Hall–Kier alpha value is -2.63. The predicted molar refractivity (Wildman–Crippen MR) is 58.8 cm³/mol. The number of nitrogens with one attached hydrogen (secondary N) is 1. The van der Waals surface area contributed by atoms with Crippen LogP contribution in [0.5, 0.6) is 5.75 Å². The zero-order valence-electron chi connectivity index (χ0n) is 8.47. The maximum atomic E-state index is 11.8. The summed E-state index contributed by atoms with van der Waals surface area (Å²) in [6.07, 6.45) is 1.09. The van der Waals surface area contributed by atoms with Crippen LogP contribution in [0.1, 0.15) is 0 Å². The fraction of sp³-hybridized carbons (Fsp3) is 0. The Morgan fingerprint density at radius 3 is 2.88 bits per heavy atom. The average Bonchev–Trinajstić information content (AvgIpc) is 2.33. The summed E-state index contributed by atoms with van der Waals surface area (Å²) in [6.45, 7) is 0. The summed E-state index contributed by atoms with van der Waals surface area (Å²) in [5, 5.41) is 11.4. The van der Waals surface area contributed by atoms with Crippen LogP contribution in [0.2, 0.25) is 0 Å². The standard InChI is InChI=1S/C11H7NO5/c13-4-10(15)12-8-5-17-9-2-1-6(14)3-7(9)11(8)16/h1-5,14H,(H,12,15). The molecule has 0 aliphatic carbocycles. The van der Waals surface area contributed by atoms with E-state index >= 15 is 0 Å². The van der Waals surface area contributed by atoms with Gasteiger partial charge in [-0.3, -0.25) is 14.4 Å². The first-order valence-electron chi connectivity index (χ1n) is 4.62. The van der Waals surface area contributed by atoms with Crippen LogP contribution >= 0.6 is 0 Å². The first-order chi connectivity index (χ1) is 8.11. The number of phenols is 1. The van der Waals surface area contributed by atoms with E-state index in [1.165, 1.54) is 18.2 Å². The maximum Gasteiger partial charge on any atom is 0.288 e. The topological polar surface area (TPSA) is 96.6 Å². The van der Waals surface area contributed by atoms with E-state index in [0.29, 0.717) is 0 Å². The van der Waals surface area contributed by atoms with Gasteiger partial charge in [-0.2, -0.15) is 0 Å². The van der Waals surface area contributed by atoms with Gasteiger partial charge in [0.2, 0.25) is 11.7 Å². The van der Waals surface area contributed by atoms with Gasteiger partial charge in [0, 0.05) is 0 Å². The molecule has 1 aromatic heterocycles. The van der Waals surface area contributed by atoms with Crippen LogP contribution in [0.15, 0.2) is 33.7 Å². The van der Waals surface area contributed by atoms with Gasteiger partial charge in [-0.1, -0.05) is 0 Å². The predicted octanol–water partition coefficient (Wildman–Crippen LogP) is 0.636. The van der Waals surface area contributed by atoms with Crippen molar-refractivity contribution in [3.8, 4) is 5.75 Å². The molecule has 17 heavy (non-hydrogen) atoms. The number of carbonyl (C=O) groups is 2. The van der Waals surface area contributed by atoms with Gasteiger partial charge >= 0.3 is 0 Å². The van der Waals surface area contributed by atoms with E-state index in [4.69, 9.17) is 4.42 Å². The van der Waals surface area contributed by atoms with Gasteiger partial charge in [-0.05, 0) is 18.2 Å². The third kappa shape index (κ3) is 2.00. The number of aromatic hydroxyl groups is 1. The SMILES string of the molecule is O=CC(=O)Nc1coc2ccc(O)cc2c1=O. The third-order valence-electron chi connectivity index (χ3n) is 2.12. The Morgan fingerprint density at radius 2 is 2.18 bits per heavy atom. The van der Waals surface area contributed by atoms with E-state index in [-0.39, 0.29) is 28.7 Å². The van der Waals surface area contributed by atoms with Crippen LogP contribution in [0.3, 0.4) is 0 Å². The molecule has 2 N–H and O–H groups in total. The summed E-state index contributed by atoms with van der Waals surface area (Å²) in [5.74, 6) is -1.04. The Balaban J connectivity index is 2.60. The molecule has 2 aromatic rings. The van der Waals surface area contributed by atoms with Crippen molar-refractivity contribution in [2.75, 3.05) is 5.32 Å². The van der Waals surface area contributed by atoms with Crippen molar-refractivity contribution in [3.63, 3.8) is 0 Å². The lowest BCUT2D eigenvalue weighted by molar-refractivity contribution is -0.127. The Labute approximate surface area is 94.5 Å². The lowest BCUT2D eigenvalue weighted by Gasteiger charge is -2.02. The van der Waals surface area contributed by atoms with Gasteiger partial charge in [0.05, 0.1) is 5.39 Å². The van der Waals surface area contributed by atoms with Crippen LogP contribution in [-0.4, -0.2) is 17.3 Å². The van der Waals surface area contributed by atoms with E-state index in [1.807, 2.05) is 0 Å². The van der Waals surface area contributed by atoms with Crippen LogP contribution < -0.4 is 10.7 Å². The molecule has 0 aliphatic rings. The molecule has 0 radical (unpaired) electrons. The molecule has 1 heterocycles. The fourth-order valence-corrected chi connectivity index (χ4v) is 1.37. The molecule has 0 saturated heterocycles. The van der Waals surface area contributed by atoms with Crippen LogP contribution in [0, 0.1) is 0 Å². The Bertz CT molecular complexity index is 658. The van der Waals surface area contributed by atoms with Crippen molar-refractivity contribution in [1.82, 2.24) is 0 Å². The molecule has 6 heteroatoms. The minimum atomic E-state index is -0.947. The second-order valence-electron chi connectivity index (χ2n) is 3.27. The molecule has 0 bridgehead atoms. The summed E-state index contributed by atoms with van der Waals surface area (Å²) in [5.41, 5.74) is -0.408. The first kappa shape index (κ1) is 10.9. The molecule has 2 rings (SSSR count). The van der Waals surface area contributed by atoms with E-state index in [1.54, 1.807) is 0 Å². The molecule has 6 nitrogen and oxygen atoms in total. The monoisotopic (exact) mass is 233 g/mol. The average molecular weight is 233 g/mol. The molecule has 0 fully saturated rings. The Morgan fingerprint density at radius 1 is 1.41 bits per heavy atom. The quantitative estimate of drug-likeness (QED) is 0.586. The zero-order chi connectivity index (χ0) is 12.4. The van der Waals surface area contributed by atoms with Gasteiger partial charge in [-0.25, -0.2) is 0 Å². The number of phenolic OH excluding ortho intramolecular Hbond substituents is 1. The minimum Gasteiger partial charge on any atom is -0.508 e. The molecule has 0 aliphatic heterocycles. The van der Waals surface area contributed by atoms with Gasteiger partial charge < -0.3 is 14.8 Å². The smallest absolute Gasteiger partial charge is 0.288 e. The van der Waals surface area contributed by atoms with Crippen LogP contribution in [0.4, 0.5) is 5.69 Å². The number of fused-ring (bicyclic) bond motifs is 1. The molecule has 0 spiro atoms. The van der Waals surface area contributed by atoms with E-state index in [9.17, 15) is 19.5 Å². The van der Waals surface area contributed by atoms with Crippen LogP contribution in [0.25, 0.3) is 11.0 Å². The van der Waals surface area contributed by atoms with E-state index in [2.05, 4.69) is 5.32 Å². The number of anilines is 1. The highest BCUT2D eigenvalue weighted by Crippen LogP contribution is 2.18. The lowest BCUT2D eigenvalue weighted by atomic mass is 10.2. The number of carbonyl (C=O) groups excluding carboxylic acids is 2. The van der Waals surface area contributed by atoms with Crippen LogP contribution in [-0.2, 0) is 9.59 Å². The third-order valence-corrected chi connectivity index (χ3v) is 2.12. The molecule has 86 valence electrons. The van der Waals surface area contributed by atoms with Gasteiger partial charge in [0.25, 0.3) is 5.91 Å². The number of amides is 1. The summed E-state index contributed by atoms with van der Waals surface area (Å²) >= 11 is 0. The minimum absolute atomic E-state index is 0.0477. The van der Waals surface area contributed by atoms with Gasteiger partial charge in [0.1, 0.15) is 23.3 Å². The number of benzene rings is 1. The zero-order valence-corrected chi connectivity index (χ0v) is 8.47. The highest BCUT2D eigenvalue weighted by molar-refractivity contribution is 6.29. The number of hydrogen-bond acceptors (Lipinski definition) is 5. The Kier molecular flexibility index (Phi) is 2.61. The van der Waals surface area contributed by atoms with Gasteiger partial charge in [-0.15, -0.1) is 0 Å². The fourth-order valence-electron chi connectivity index (χ4n) is 1.37. The molecular weight excluding hydrogens is 226 g/mol. The molecule has 0 unspecified atom stereocenters. The first-order valence-corrected chi connectivity index (χ1v) is 4.62.